The first-order chi connectivity index (χ1) is 8.54. The highest BCUT2D eigenvalue weighted by atomic mass is 32.2. The summed E-state index contributed by atoms with van der Waals surface area (Å²) in [6.45, 7) is 3.62. The number of hydrogen-bond acceptors (Lipinski definition) is 6. The lowest BCUT2D eigenvalue weighted by Crippen LogP contribution is -2.13. The number of rotatable bonds is 4. The molecule has 0 atom stereocenters. The lowest BCUT2D eigenvalue weighted by Gasteiger charge is -2.05. The van der Waals surface area contributed by atoms with Gasteiger partial charge in [-0.2, -0.15) is 0 Å². The predicted molar refractivity (Wildman–Crippen MR) is 70.4 cm³/mol. The van der Waals surface area contributed by atoms with Gasteiger partial charge >= 0.3 is 5.97 Å². The Labute approximate surface area is 109 Å². The number of benzene rings is 1. The van der Waals surface area contributed by atoms with Crippen LogP contribution in [0.15, 0.2) is 27.8 Å². The van der Waals surface area contributed by atoms with Crippen molar-refractivity contribution in [2.24, 2.45) is 0 Å². The molecule has 0 aliphatic carbocycles. The number of nitrogen functional groups attached to an aromatic ring is 1. The number of ether oxygens (including phenoxy) is 1. The molecule has 0 saturated carbocycles. The molecule has 2 aromatic rings. The van der Waals surface area contributed by atoms with Crippen molar-refractivity contribution in [3.05, 3.63) is 18.2 Å². The van der Waals surface area contributed by atoms with Gasteiger partial charge in [-0.15, -0.1) is 0 Å². The molecule has 6 heteroatoms. The maximum atomic E-state index is 11.4. The SMILES string of the molecule is CC(C)OC(=O)CSc1nc2ccc(N)cc2o1. The first-order valence-corrected chi connectivity index (χ1v) is 6.51. The van der Waals surface area contributed by atoms with Crippen LogP contribution in [-0.4, -0.2) is 22.8 Å². The normalized spacial score (nSPS) is 11.1. The quantitative estimate of drug-likeness (QED) is 0.520. The van der Waals surface area contributed by atoms with Crippen molar-refractivity contribution < 1.29 is 13.9 Å². The van der Waals surface area contributed by atoms with Gasteiger partial charge in [0.25, 0.3) is 5.22 Å². The number of esters is 1. The Bertz CT molecular complexity index is 565. The van der Waals surface area contributed by atoms with Crippen molar-refractivity contribution in [2.45, 2.75) is 25.2 Å². The Morgan fingerprint density at radius 3 is 3.06 bits per heavy atom. The van der Waals surface area contributed by atoms with Crippen LogP contribution in [0.4, 0.5) is 5.69 Å². The Morgan fingerprint density at radius 1 is 1.56 bits per heavy atom. The number of carbonyl (C=O) groups is 1. The van der Waals surface area contributed by atoms with Crippen molar-refractivity contribution in [1.29, 1.82) is 0 Å². The van der Waals surface area contributed by atoms with Crippen LogP contribution in [0.2, 0.25) is 0 Å². The molecule has 0 radical (unpaired) electrons. The first kappa shape index (κ1) is 12.8. The highest BCUT2D eigenvalue weighted by Gasteiger charge is 2.11. The van der Waals surface area contributed by atoms with E-state index in [1.165, 1.54) is 11.8 Å². The van der Waals surface area contributed by atoms with Crippen molar-refractivity contribution in [3.63, 3.8) is 0 Å². The molecule has 0 saturated heterocycles. The number of fused-ring (bicyclic) bond motifs is 1. The van der Waals surface area contributed by atoms with Crippen LogP contribution in [0.5, 0.6) is 0 Å². The Balaban J connectivity index is 2.02. The van der Waals surface area contributed by atoms with E-state index in [0.717, 1.165) is 5.52 Å². The van der Waals surface area contributed by atoms with Crippen molar-refractivity contribution >= 4 is 34.5 Å². The van der Waals surface area contributed by atoms with E-state index in [9.17, 15) is 4.79 Å². The minimum Gasteiger partial charge on any atom is -0.462 e. The summed E-state index contributed by atoms with van der Waals surface area (Å²) in [5.74, 6) is -0.0997. The van der Waals surface area contributed by atoms with Gasteiger partial charge < -0.3 is 14.9 Å². The number of nitrogens with zero attached hydrogens (tertiary/aromatic N) is 1. The van der Waals surface area contributed by atoms with E-state index in [1.807, 2.05) is 13.8 Å². The topological polar surface area (TPSA) is 78.3 Å². The van der Waals surface area contributed by atoms with Gasteiger partial charge in [0.1, 0.15) is 11.3 Å². The molecule has 0 aliphatic heterocycles. The van der Waals surface area contributed by atoms with E-state index in [-0.39, 0.29) is 17.8 Å². The second kappa shape index (κ2) is 5.30. The van der Waals surface area contributed by atoms with Crippen LogP contribution in [0, 0.1) is 0 Å². The molecule has 0 amide bonds. The fourth-order valence-corrected chi connectivity index (χ4v) is 2.02. The third-order valence-electron chi connectivity index (χ3n) is 2.07. The average Bonchev–Trinajstić information content (AvgIpc) is 2.67. The van der Waals surface area contributed by atoms with Crippen molar-refractivity contribution in [1.82, 2.24) is 4.98 Å². The highest BCUT2D eigenvalue weighted by Crippen LogP contribution is 2.24. The number of hydrogen-bond donors (Lipinski definition) is 1. The molecule has 5 nitrogen and oxygen atoms in total. The van der Waals surface area contributed by atoms with Gasteiger partial charge in [0, 0.05) is 11.8 Å². The zero-order valence-electron chi connectivity index (χ0n) is 10.2. The molecule has 0 spiro atoms. The molecule has 0 unspecified atom stereocenters. The molecule has 1 aromatic heterocycles. The Kier molecular flexibility index (Phi) is 3.76. The van der Waals surface area contributed by atoms with Gasteiger partial charge in [0.05, 0.1) is 6.10 Å². The van der Waals surface area contributed by atoms with E-state index in [2.05, 4.69) is 4.98 Å². The first-order valence-electron chi connectivity index (χ1n) is 5.53. The van der Waals surface area contributed by atoms with Crippen LogP contribution in [0.1, 0.15) is 13.8 Å². The molecule has 0 aliphatic rings. The van der Waals surface area contributed by atoms with Crippen molar-refractivity contribution in [3.8, 4) is 0 Å². The van der Waals surface area contributed by atoms with Crippen LogP contribution in [-0.2, 0) is 9.53 Å². The number of carbonyl (C=O) groups excluding carboxylic acids is 1. The highest BCUT2D eigenvalue weighted by molar-refractivity contribution is 7.99. The molecule has 0 fully saturated rings. The number of oxazole rings is 1. The number of aromatic nitrogens is 1. The predicted octanol–water partition coefficient (Wildman–Crippen LogP) is 2.45. The fraction of sp³-hybridized carbons (Fsp3) is 0.333. The van der Waals surface area contributed by atoms with E-state index >= 15 is 0 Å². The number of anilines is 1. The van der Waals surface area contributed by atoms with Crippen LogP contribution in [0.25, 0.3) is 11.1 Å². The van der Waals surface area contributed by atoms with E-state index in [1.54, 1.807) is 18.2 Å². The van der Waals surface area contributed by atoms with E-state index < -0.39 is 0 Å². The summed E-state index contributed by atoms with van der Waals surface area (Å²) < 4.78 is 10.5. The Morgan fingerprint density at radius 2 is 2.33 bits per heavy atom. The summed E-state index contributed by atoms with van der Waals surface area (Å²) in [4.78, 5) is 15.6. The maximum Gasteiger partial charge on any atom is 0.316 e. The minimum absolute atomic E-state index is 0.110. The largest absolute Gasteiger partial charge is 0.462 e. The molecular weight excluding hydrogens is 252 g/mol. The molecule has 0 bridgehead atoms. The Hall–Kier alpha value is -1.69. The number of nitrogens with two attached hydrogens (primary N) is 1. The third kappa shape index (κ3) is 3.16. The third-order valence-corrected chi connectivity index (χ3v) is 2.88. The molecule has 96 valence electrons. The standard InChI is InChI=1S/C12H14N2O3S/c1-7(2)16-11(15)6-18-12-14-9-4-3-8(13)5-10(9)17-12/h3-5,7H,6,13H2,1-2H3. The average molecular weight is 266 g/mol. The zero-order valence-corrected chi connectivity index (χ0v) is 11.0. The molecule has 1 aromatic carbocycles. The van der Waals surface area contributed by atoms with E-state index in [0.29, 0.717) is 16.5 Å². The maximum absolute atomic E-state index is 11.4. The molecule has 2 N–H and O–H groups in total. The summed E-state index contributed by atoms with van der Waals surface area (Å²) in [7, 11) is 0. The van der Waals surface area contributed by atoms with Crippen LogP contribution >= 0.6 is 11.8 Å². The van der Waals surface area contributed by atoms with Crippen LogP contribution in [0.3, 0.4) is 0 Å². The summed E-state index contributed by atoms with van der Waals surface area (Å²) in [6, 6.07) is 5.25. The molecule has 2 rings (SSSR count). The summed E-state index contributed by atoms with van der Waals surface area (Å²) in [5.41, 5.74) is 7.61. The molecule has 18 heavy (non-hydrogen) atoms. The number of thioether (sulfide) groups is 1. The van der Waals surface area contributed by atoms with Gasteiger partial charge in [-0.05, 0) is 26.0 Å². The van der Waals surface area contributed by atoms with Gasteiger partial charge in [-0.3, -0.25) is 4.79 Å². The van der Waals surface area contributed by atoms with Gasteiger partial charge in [0.2, 0.25) is 0 Å². The van der Waals surface area contributed by atoms with Gasteiger partial charge in [0.15, 0.2) is 5.58 Å². The smallest absolute Gasteiger partial charge is 0.316 e. The summed E-state index contributed by atoms with van der Waals surface area (Å²) in [6.07, 6.45) is -0.110. The van der Waals surface area contributed by atoms with Crippen LogP contribution < -0.4 is 5.73 Å². The monoisotopic (exact) mass is 266 g/mol. The second-order valence-electron chi connectivity index (χ2n) is 4.03. The van der Waals surface area contributed by atoms with Gasteiger partial charge in [-0.1, -0.05) is 11.8 Å². The lowest BCUT2D eigenvalue weighted by molar-refractivity contribution is -0.144. The lowest BCUT2D eigenvalue weighted by atomic mass is 10.3. The summed E-state index contributed by atoms with van der Waals surface area (Å²) in [5, 5.41) is 0.441. The molecule has 1 heterocycles. The summed E-state index contributed by atoms with van der Waals surface area (Å²) >= 11 is 1.21. The van der Waals surface area contributed by atoms with Crippen molar-refractivity contribution in [2.75, 3.05) is 11.5 Å². The minimum atomic E-state index is -0.281. The van der Waals surface area contributed by atoms with E-state index in [4.69, 9.17) is 14.9 Å². The van der Waals surface area contributed by atoms with Gasteiger partial charge in [-0.25, -0.2) is 4.98 Å². The molecular formula is C12H14N2O3S. The second-order valence-corrected chi connectivity index (χ2v) is 4.96. The zero-order chi connectivity index (χ0) is 13.1. The fourth-order valence-electron chi connectivity index (χ4n) is 1.40.